The van der Waals surface area contributed by atoms with E-state index in [0.717, 1.165) is 60.9 Å². The maximum atomic E-state index is 10.3. The van der Waals surface area contributed by atoms with E-state index in [0.29, 0.717) is 12.1 Å². The molecular formula is C31H46N8O. The second-order valence-electron chi connectivity index (χ2n) is 12.7. The number of aromatic hydroxyl groups is 1. The molecule has 5 heterocycles. The Morgan fingerprint density at radius 3 is 2.38 bits per heavy atom. The number of benzene rings is 1. The van der Waals surface area contributed by atoms with Gasteiger partial charge in [0.25, 0.3) is 0 Å². The molecule has 1 aromatic heterocycles. The van der Waals surface area contributed by atoms with Crippen molar-refractivity contribution in [3.8, 4) is 17.0 Å². The molecule has 2 aromatic rings. The summed E-state index contributed by atoms with van der Waals surface area (Å²) in [6, 6.07) is 11.4. The van der Waals surface area contributed by atoms with E-state index in [1.165, 1.54) is 84.3 Å². The summed E-state index contributed by atoms with van der Waals surface area (Å²) in [5.41, 5.74) is 2.58. The Hall–Kier alpha value is -2.46. The maximum absolute atomic E-state index is 10.3. The average Bonchev–Trinajstić information content (AvgIpc) is 3.02. The molecule has 0 spiro atoms. The highest BCUT2D eigenvalue weighted by atomic mass is 16.3. The van der Waals surface area contributed by atoms with Crippen LogP contribution in [0.5, 0.6) is 5.75 Å². The van der Waals surface area contributed by atoms with E-state index in [2.05, 4.69) is 46.5 Å². The fraction of sp³-hybridized carbons (Fsp3) is 0.677. The van der Waals surface area contributed by atoms with Crippen molar-refractivity contribution in [2.45, 2.75) is 56.7 Å². The van der Waals surface area contributed by atoms with Crippen molar-refractivity contribution in [2.24, 2.45) is 5.92 Å². The van der Waals surface area contributed by atoms with E-state index >= 15 is 0 Å². The van der Waals surface area contributed by atoms with Crippen LogP contribution in [0.3, 0.4) is 0 Å². The minimum absolute atomic E-state index is 0.247. The van der Waals surface area contributed by atoms with Crippen molar-refractivity contribution >= 4 is 11.5 Å². The SMILES string of the molecule is Oc1ccccc1-c1cc2c(nn1)NC[C@H]1CN(C3CCN(C4CCC(CN5CCNCC5)CC4)CC3)CCN21. The van der Waals surface area contributed by atoms with Crippen LogP contribution in [-0.2, 0) is 0 Å². The average molecular weight is 547 g/mol. The van der Waals surface area contributed by atoms with Gasteiger partial charge in [0, 0.05) is 76.5 Å². The van der Waals surface area contributed by atoms with E-state index in [-0.39, 0.29) is 5.75 Å². The minimum Gasteiger partial charge on any atom is -0.507 e. The Labute approximate surface area is 238 Å². The molecule has 5 aliphatic rings. The molecule has 1 saturated carbocycles. The number of phenols is 1. The van der Waals surface area contributed by atoms with Gasteiger partial charge in [-0.25, -0.2) is 0 Å². The number of anilines is 2. The molecule has 0 radical (unpaired) electrons. The number of hydrogen-bond donors (Lipinski definition) is 3. The van der Waals surface area contributed by atoms with Crippen LogP contribution in [-0.4, -0.2) is 120 Å². The van der Waals surface area contributed by atoms with Gasteiger partial charge in [0.05, 0.1) is 17.4 Å². The summed E-state index contributed by atoms with van der Waals surface area (Å²) in [6.07, 6.45) is 8.25. The maximum Gasteiger partial charge on any atom is 0.172 e. The third kappa shape index (κ3) is 5.53. The summed E-state index contributed by atoms with van der Waals surface area (Å²) in [5, 5.41) is 26.3. The van der Waals surface area contributed by atoms with Crippen LogP contribution in [0.1, 0.15) is 38.5 Å². The first-order valence-corrected chi connectivity index (χ1v) is 15.8. The normalized spacial score (nSPS) is 29.0. The summed E-state index contributed by atoms with van der Waals surface area (Å²) in [5.74, 6) is 2.02. The predicted molar refractivity (Wildman–Crippen MR) is 160 cm³/mol. The molecule has 9 nitrogen and oxygen atoms in total. The molecule has 0 amide bonds. The summed E-state index contributed by atoms with van der Waals surface area (Å²) >= 11 is 0. The zero-order valence-electron chi connectivity index (χ0n) is 23.8. The van der Waals surface area contributed by atoms with Gasteiger partial charge in [-0.15, -0.1) is 10.2 Å². The number of likely N-dealkylation sites (tertiary alicyclic amines) is 1. The number of nitrogens with zero attached hydrogens (tertiary/aromatic N) is 6. The van der Waals surface area contributed by atoms with Gasteiger partial charge >= 0.3 is 0 Å². The van der Waals surface area contributed by atoms with E-state index in [1.54, 1.807) is 6.07 Å². The van der Waals surface area contributed by atoms with Crippen molar-refractivity contribution in [2.75, 3.05) is 82.2 Å². The number of piperazine rings is 2. The highest BCUT2D eigenvalue weighted by molar-refractivity contribution is 5.76. The van der Waals surface area contributed by atoms with Crippen molar-refractivity contribution in [3.05, 3.63) is 30.3 Å². The summed E-state index contributed by atoms with van der Waals surface area (Å²) in [6.45, 7) is 12.8. The molecule has 0 unspecified atom stereocenters. The number of piperidine rings is 1. The van der Waals surface area contributed by atoms with Crippen molar-refractivity contribution < 1.29 is 5.11 Å². The third-order valence-electron chi connectivity index (χ3n) is 10.4. The van der Waals surface area contributed by atoms with Gasteiger partial charge in [-0.3, -0.25) is 4.90 Å². The van der Waals surface area contributed by atoms with Crippen molar-refractivity contribution in [3.63, 3.8) is 0 Å². The topological polar surface area (TPSA) is 83.0 Å². The third-order valence-corrected chi connectivity index (χ3v) is 10.4. The smallest absolute Gasteiger partial charge is 0.172 e. The van der Waals surface area contributed by atoms with E-state index in [4.69, 9.17) is 0 Å². The lowest BCUT2D eigenvalue weighted by atomic mass is 9.84. The molecule has 40 heavy (non-hydrogen) atoms. The number of aromatic nitrogens is 2. The Bertz CT molecular complexity index is 1140. The highest BCUT2D eigenvalue weighted by Gasteiger charge is 2.37. The van der Waals surface area contributed by atoms with Gasteiger partial charge < -0.3 is 30.4 Å². The number of para-hydroxylation sites is 1. The van der Waals surface area contributed by atoms with Gasteiger partial charge in [0.2, 0.25) is 0 Å². The number of phenolic OH excluding ortho intramolecular Hbond substituents is 1. The van der Waals surface area contributed by atoms with Crippen LogP contribution < -0.4 is 15.5 Å². The van der Waals surface area contributed by atoms with Crippen LogP contribution in [0, 0.1) is 5.92 Å². The summed E-state index contributed by atoms with van der Waals surface area (Å²) in [7, 11) is 0. The quantitative estimate of drug-likeness (QED) is 0.524. The molecule has 7 rings (SSSR count). The Morgan fingerprint density at radius 2 is 1.57 bits per heavy atom. The Morgan fingerprint density at radius 1 is 0.800 bits per heavy atom. The highest BCUT2D eigenvalue weighted by Crippen LogP contribution is 2.37. The molecule has 216 valence electrons. The Kier molecular flexibility index (Phi) is 7.80. The molecule has 9 heteroatoms. The summed E-state index contributed by atoms with van der Waals surface area (Å²) < 4.78 is 0. The van der Waals surface area contributed by atoms with Gasteiger partial charge in [0.1, 0.15) is 5.75 Å². The number of rotatable bonds is 5. The Balaban J connectivity index is 0.908. The van der Waals surface area contributed by atoms with Gasteiger partial charge in [0.15, 0.2) is 5.82 Å². The second-order valence-corrected chi connectivity index (χ2v) is 12.7. The van der Waals surface area contributed by atoms with E-state index in [1.807, 2.05) is 18.2 Å². The lowest BCUT2D eigenvalue weighted by Gasteiger charge is -2.50. The predicted octanol–water partition coefficient (Wildman–Crippen LogP) is 2.69. The fourth-order valence-corrected chi connectivity index (χ4v) is 8.03. The zero-order valence-corrected chi connectivity index (χ0v) is 23.8. The van der Waals surface area contributed by atoms with Crippen molar-refractivity contribution in [1.29, 1.82) is 0 Å². The van der Waals surface area contributed by atoms with Crippen LogP contribution in [0.25, 0.3) is 11.3 Å². The van der Waals surface area contributed by atoms with Crippen LogP contribution >= 0.6 is 0 Å². The number of fused-ring (bicyclic) bond motifs is 3. The lowest BCUT2D eigenvalue weighted by molar-refractivity contribution is 0.0524. The molecule has 4 fully saturated rings. The van der Waals surface area contributed by atoms with Gasteiger partial charge in [-0.1, -0.05) is 12.1 Å². The standard InChI is InChI=1S/C31H46N8O/c40-30-4-2-1-3-27(30)28-19-29-31(35-34-28)33-20-26-22-38(17-18-39(26)29)25-9-13-37(14-10-25)24-7-5-23(6-8-24)21-36-15-11-32-12-16-36/h1-4,19,23-26,32,40H,5-18,20-22H2,(H,33,35)/t23?,24?,26-/m0/s1. The molecular weight excluding hydrogens is 500 g/mol. The molecule has 0 bridgehead atoms. The first-order chi connectivity index (χ1) is 19.7. The minimum atomic E-state index is 0.247. The first kappa shape index (κ1) is 26.4. The van der Waals surface area contributed by atoms with Crippen LogP contribution in [0.2, 0.25) is 0 Å². The lowest BCUT2D eigenvalue weighted by Crippen LogP contribution is -2.61. The van der Waals surface area contributed by atoms with E-state index < -0.39 is 0 Å². The summed E-state index contributed by atoms with van der Waals surface area (Å²) in [4.78, 5) is 10.8. The molecule has 4 aliphatic heterocycles. The molecule has 1 aliphatic carbocycles. The van der Waals surface area contributed by atoms with Gasteiger partial charge in [-0.2, -0.15) is 0 Å². The zero-order chi connectivity index (χ0) is 26.9. The second kappa shape index (κ2) is 11.8. The number of nitrogens with one attached hydrogen (secondary N) is 2. The van der Waals surface area contributed by atoms with Gasteiger partial charge in [-0.05, 0) is 75.7 Å². The molecule has 1 atom stereocenters. The van der Waals surface area contributed by atoms with Crippen molar-refractivity contribution in [1.82, 2.24) is 30.2 Å². The number of hydrogen-bond acceptors (Lipinski definition) is 9. The van der Waals surface area contributed by atoms with Crippen LogP contribution in [0.4, 0.5) is 11.5 Å². The van der Waals surface area contributed by atoms with E-state index in [9.17, 15) is 5.11 Å². The monoisotopic (exact) mass is 546 g/mol. The van der Waals surface area contributed by atoms with Crippen LogP contribution in [0.15, 0.2) is 30.3 Å². The molecule has 1 aromatic carbocycles. The first-order valence-electron chi connectivity index (χ1n) is 15.8. The molecule has 3 N–H and O–H groups in total. The molecule has 3 saturated heterocycles. The largest absolute Gasteiger partial charge is 0.507 e. The fourth-order valence-electron chi connectivity index (χ4n) is 8.03.